The molecule has 0 aromatic heterocycles. The normalized spacial score (nSPS) is 12.8. The van der Waals surface area contributed by atoms with Gasteiger partial charge in [0.2, 0.25) is 0 Å². The van der Waals surface area contributed by atoms with Crippen molar-refractivity contribution >= 4 is 18.6 Å². The summed E-state index contributed by atoms with van der Waals surface area (Å²) in [5.41, 5.74) is 10.1. The Labute approximate surface area is 54.6 Å². The van der Waals surface area contributed by atoms with Gasteiger partial charge in [0.25, 0.3) is 0 Å². The average molecular weight is 133 g/mol. The van der Waals surface area contributed by atoms with Gasteiger partial charge in [-0.1, -0.05) is 6.92 Å². The number of hydrogen-bond donors (Lipinski definition) is 3. The summed E-state index contributed by atoms with van der Waals surface area (Å²) in [5, 5.41) is 0.233. The van der Waals surface area contributed by atoms with E-state index in [1.807, 2.05) is 6.92 Å². The van der Waals surface area contributed by atoms with Crippen molar-refractivity contribution in [2.24, 2.45) is 16.5 Å². The standard InChI is InChI=1S/C4H11N3S/c1-3(8)2-7-4(5)6/h3,8H,2H2,1H3,(H4,5,6,7)/t3-/m0/s1. The van der Waals surface area contributed by atoms with E-state index in [0.717, 1.165) is 0 Å². The first-order valence-electron chi connectivity index (χ1n) is 2.36. The topological polar surface area (TPSA) is 64.4 Å². The quantitative estimate of drug-likeness (QED) is 0.272. The predicted octanol–water partition coefficient (Wildman–Crippen LogP) is -0.422. The van der Waals surface area contributed by atoms with Gasteiger partial charge in [-0.2, -0.15) is 12.6 Å². The molecule has 0 radical (unpaired) electrons. The molecule has 0 fully saturated rings. The van der Waals surface area contributed by atoms with Crippen molar-refractivity contribution in [3.05, 3.63) is 0 Å². The van der Waals surface area contributed by atoms with Crippen LogP contribution in [0.25, 0.3) is 0 Å². The van der Waals surface area contributed by atoms with Gasteiger partial charge >= 0.3 is 0 Å². The van der Waals surface area contributed by atoms with Gasteiger partial charge in [0.15, 0.2) is 5.96 Å². The molecule has 0 aliphatic rings. The number of guanidine groups is 1. The lowest BCUT2D eigenvalue weighted by molar-refractivity contribution is 0.953. The maximum Gasteiger partial charge on any atom is 0.185 e. The minimum Gasteiger partial charge on any atom is -0.370 e. The minimum absolute atomic E-state index is 0.130. The van der Waals surface area contributed by atoms with Crippen LogP contribution in [0.4, 0.5) is 0 Å². The first-order valence-corrected chi connectivity index (χ1v) is 2.88. The van der Waals surface area contributed by atoms with E-state index in [1.165, 1.54) is 0 Å². The Morgan fingerprint density at radius 2 is 2.25 bits per heavy atom. The van der Waals surface area contributed by atoms with E-state index >= 15 is 0 Å². The Morgan fingerprint density at radius 1 is 1.75 bits per heavy atom. The van der Waals surface area contributed by atoms with E-state index in [0.29, 0.717) is 6.54 Å². The number of hydrogen-bond acceptors (Lipinski definition) is 2. The molecule has 0 heterocycles. The fourth-order valence-electron chi connectivity index (χ4n) is 0.238. The van der Waals surface area contributed by atoms with E-state index in [2.05, 4.69) is 17.6 Å². The Bertz CT molecular complexity index is 85.3. The van der Waals surface area contributed by atoms with Crippen LogP contribution in [0.3, 0.4) is 0 Å². The van der Waals surface area contributed by atoms with E-state index in [1.54, 1.807) is 0 Å². The highest BCUT2D eigenvalue weighted by Crippen LogP contribution is 1.90. The minimum atomic E-state index is 0.130. The van der Waals surface area contributed by atoms with Crippen LogP contribution in [0.1, 0.15) is 6.92 Å². The van der Waals surface area contributed by atoms with E-state index in [9.17, 15) is 0 Å². The van der Waals surface area contributed by atoms with Gasteiger partial charge in [0.05, 0.1) is 6.54 Å². The third-order valence-corrected chi connectivity index (χ3v) is 0.701. The maximum atomic E-state index is 5.03. The molecule has 0 aromatic carbocycles. The van der Waals surface area contributed by atoms with Crippen LogP contribution in [0, 0.1) is 0 Å². The number of thiol groups is 1. The average Bonchev–Trinajstić information content (AvgIpc) is 1.61. The van der Waals surface area contributed by atoms with Crippen LogP contribution in [0.5, 0.6) is 0 Å². The molecule has 1 atom stereocenters. The van der Waals surface area contributed by atoms with Crippen molar-refractivity contribution < 1.29 is 0 Å². The van der Waals surface area contributed by atoms with Crippen LogP contribution in [-0.4, -0.2) is 17.8 Å². The molecule has 0 aliphatic carbocycles. The Kier molecular flexibility index (Phi) is 3.43. The molecule has 0 unspecified atom stereocenters. The highest BCUT2D eigenvalue weighted by molar-refractivity contribution is 7.80. The molecule has 0 aliphatic heterocycles. The van der Waals surface area contributed by atoms with Gasteiger partial charge in [0.1, 0.15) is 0 Å². The predicted molar refractivity (Wildman–Crippen MR) is 39.1 cm³/mol. The highest BCUT2D eigenvalue weighted by Gasteiger charge is 1.88. The zero-order valence-electron chi connectivity index (χ0n) is 4.83. The molecule has 0 aromatic rings. The van der Waals surface area contributed by atoms with Crippen LogP contribution >= 0.6 is 12.6 Å². The van der Waals surface area contributed by atoms with Crippen molar-refractivity contribution in [1.29, 1.82) is 0 Å². The molecule has 0 amide bonds. The summed E-state index contributed by atoms with van der Waals surface area (Å²) in [4.78, 5) is 3.72. The molecule has 8 heavy (non-hydrogen) atoms. The van der Waals surface area contributed by atoms with Crippen molar-refractivity contribution in [3.63, 3.8) is 0 Å². The van der Waals surface area contributed by atoms with Crippen LogP contribution in [0.15, 0.2) is 4.99 Å². The monoisotopic (exact) mass is 133 g/mol. The Morgan fingerprint density at radius 3 is 2.38 bits per heavy atom. The Hall–Kier alpha value is -0.380. The van der Waals surface area contributed by atoms with Gasteiger partial charge < -0.3 is 11.5 Å². The number of nitrogens with zero attached hydrogens (tertiary/aromatic N) is 1. The number of nitrogens with two attached hydrogens (primary N) is 2. The lowest BCUT2D eigenvalue weighted by Crippen LogP contribution is -2.23. The highest BCUT2D eigenvalue weighted by atomic mass is 32.1. The molecule has 4 N–H and O–H groups in total. The molecular formula is C4H11N3S. The molecule has 0 spiro atoms. The van der Waals surface area contributed by atoms with Gasteiger partial charge in [-0.25, -0.2) is 0 Å². The van der Waals surface area contributed by atoms with Gasteiger partial charge in [0, 0.05) is 5.25 Å². The van der Waals surface area contributed by atoms with Crippen molar-refractivity contribution in [1.82, 2.24) is 0 Å². The molecule has 4 heteroatoms. The molecule has 0 rings (SSSR count). The third-order valence-electron chi connectivity index (χ3n) is 0.538. The molecule has 0 saturated heterocycles. The maximum absolute atomic E-state index is 5.03. The largest absolute Gasteiger partial charge is 0.370 e. The number of rotatable bonds is 2. The lowest BCUT2D eigenvalue weighted by Gasteiger charge is -1.95. The van der Waals surface area contributed by atoms with Gasteiger partial charge in [-0.15, -0.1) is 0 Å². The third kappa shape index (κ3) is 5.62. The smallest absolute Gasteiger partial charge is 0.185 e. The fraction of sp³-hybridized carbons (Fsp3) is 0.750. The van der Waals surface area contributed by atoms with Gasteiger partial charge in [-0.05, 0) is 0 Å². The molecule has 0 saturated carbocycles. The summed E-state index contributed by atoms with van der Waals surface area (Å²) < 4.78 is 0. The summed E-state index contributed by atoms with van der Waals surface area (Å²) in [6, 6.07) is 0. The molecule has 0 bridgehead atoms. The first-order chi connectivity index (χ1) is 3.63. The summed E-state index contributed by atoms with van der Waals surface area (Å²) in [6.07, 6.45) is 0. The van der Waals surface area contributed by atoms with Crippen molar-refractivity contribution in [2.75, 3.05) is 6.54 Å². The Balaban J connectivity index is 3.29. The fourth-order valence-corrected chi connectivity index (χ4v) is 0.319. The second kappa shape index (κ2) is 3.60. The second-order valence-corrected chi connectivity index (χ2v) is 2.50. The summed E-state index contributed by atoms with van der Waals surface area (Å²) >= 11 is 4.05. The molecule has 3 nitrogen and oxygen atoms in total. The zero-order chi connectivity index (χ0) is 6.57. The van der Waals surface area contributed by atoms with E-state index < -0.39 is 0 Å². The van der Waals surface area contributed by atoms with Crippen molar-refractivity contribution in [3.8, 4) is 0 Å². The van der Waals surface area contributed by atoms with Gasteiger partial charge in [-0.3, -0.25) is 4.99 Å². The van der Waals surface area contributed by atoms with Crippen LogP contribution < -0.4 is 11.5 Å². The van der Waals surface area contributed by atoms with Crippen LogP contribution in [-0.2, 0) is 0 Å². The van der Waals surface area contributed by atoms with E-state index in [4.69, 9.17) is 11.5 Å². The summed E-state index contributed by atoms with van der Waals surface area (Å²) in [6.45, 7) is 2.51. The second-order valence-electron chi connectivity index (χ2n) is 1.61. The SMILES string of the molecule is C[C@H](S)CN=C(N)N. The summed E-state index contributed by atoms with van der Waals surface area (Å²) in [5.74, 6) is 0.130. The number of aliphatic imine (C=N–C) groups is 1. The zero-order valence-corrected chi connectivity index (χ0v) is 5.73. The van der Waals surface area contributed by atoms with Crippen LogP contribution in [0.2, 0.25) is 0 Å². The molecule has 48 valence electrons. The van der Waals surface area contributed by atoms with E-state index in [-0.39, 0.29) is 11.2 Å². The first kappa shape index (κ1) is 7.62. The molecular weight excluding hydrogens is 122 g/mol. The summed E-state index contributed by atoms with van der Waals surface area (Å²) in [7, 11) is 0. The van der Waals surface area contributed by atoms with Crippen molar-refractivity contribution in [2.45, 2.75) is 12.2 Å². The lowest BCUT2D eigenvalue weighted by atomic mass is 10.5.